The molecule has 8 atom stereocenters. The first-order chi connectivity index (χ1) is 41.9. The van der Waals surface area contributed by atoms with E-state index >= 15 is 0 Å². The second-order valence-corrected chi connectivity index (χ2v) is 22.3. The van der Waals surface area contributed by atoms with E-state index in [-0.39, 0.29) is 80.5 Å². The summed E-state index contributed by atoms with van der Waals surface area (Å²) in [6.07, 6.45) is -18.5. The molecule has 2 radical (unpaired) electrons. The van der Waals surface area contributed by atoms with Gasteiger partial charge in [-0.1, -0.05) is 141 Å². The molecule has 2 fully saturated rings. The number of ether oxygens (including phenoxy) is 5. The summed E-state index contributed by atoms with van der Waals surface area (Å²) >= 11 is 0. The second-order valence-electron chi connectivity index (χ2n) is 22.3. The molecule has 3 heterocycles. The van der Waals surface area contributed by atoms with Crippen LogP contribution in [0.1, 0.15) is 121 Å². The van der Waals surface area contributed by atoms with Crippen LogP contribution in [0, 0.1) is 11.8 Å². The van der Waals surface area contributed by atoms with Gasteiger partial charge < -0.3 is 28.8 Å². The van der Waals surface area contributed by atoms with Gasteiger partial charge in [0.15, 0.2) is 0 Å². The molecule has 1 N–H and O–H groups in total. The predicted molar refractivity (Wildman–Crippen MR) is 307 cm³/mol. The summed E-state index contributed by atoms with van der Waals surface area (Å²) in [7, 11) is 5.31. The largest absolute Gasteiger partial charge is 0.445 e. The van der Waals surface area contributed by atoms with Gasteiger partial charge in [0.1, 0.15) is 21.1 Å². The van der Waals surface area contributed by atoms with Gasteiger partial charge in [-0.2, -0.15) is 52.7 Å². The Kier molecular flexibility index (Phi) is 22.9. The zero-order valence-electron chi connectivity index (χ0n) is 49.0. The lowest BCUT2D eigenvalue weighted by molar-refractivity contribution is -0.145. The number of carbonyl (C=O) groups excluding carboxylic acids is 2. The van der Waals surface area contributed by atoms with Crippen molar-refractivity contribution in [3.05, 3.63) is 226 Å². The highest BCUT2D eigenvalue weighted by Crippen LogP contribution is 2.46. The first-order valence-electron chi connectivity index (χ1n) is 28.5. The van der Waals surface area contributed by atoms with Gasteiger partial charge >= 0.3 is 36.9 Å². The smallest absolute Gasteiger partial charge is 0.416 e. The van der Waals surface area contributed by atoms with Crippen LogP contribution in [0.15, 0.2) is 170 Å². The third-order valence-corrected chi connectivity index (χ3v) is 15.6. The van der Waals surface area contributed by atoms with Crippen molar-refractivity contribution in [1.29, 1.82) is 0 Å². The van der Waals surface area contributed by atoms with Crippen molar-refractivity contribution in [2.45, 2.75) is 127 Å². The van der Waals surface area contributed by atoms with Gasteiger partial charge in [0, 0.05) is 18.8 Å². The minimum Gasteiger partial charge on any atom is -0.445 e. The van der Waals surface area contributed by atoms with Gasteiger partial charge in [0.25, 0.3) is 0 Å². The molecular weight excluding hydrogens is 1190 g/mol. The number of nitrogens with zero attached hydrogens (tertiary/aromatic N) is 2. The lowest BCUT2D eigenvalue weighted by atomic mass is 9.75. The summed E-state index contributed by atoms with van der Waals surface area (Å²) in [4.78, 5) is 29.7. The highest BCUT2D eigenvalue weighted by molar-refractivity contribution is 6.11. The predicted octanol–water partition coefficient (Wildman–Crippen LogP) is 16.9. The zero-order valence-corrected chi connectivity index (χ0v) is 49.0. The fourth-order valence-electron chi connectivity index (χ4n) is 10.7. The SMILES string of the molecule is CC1C=CN(C(=O)OCc2ccccc2)[C@](CO[C@H](C)c2cc(C(F)(F)F)cc(C(F)(F)F)c2)(c2ccccc2)C1.CC1C[C@@](CO[C@H](C)c2cc(C(F)(F)F)cc(C(F)(F)F)c2)(c2ccccc2)N(C(=O)OCc2ccccc2)CC1O.[B]C1CCCO1. The van der Waals surface area contributed by atoms with Crippen LogP contribution >= 0.6 is 0 Å². The summed E-state index contributed by atoms with van der Waals surface area (Å²) < 4.78 is 190. The van der Waals surface area contributed by atoms with Crippen molar-refractivity contribution in [3.8, 4) is 0 Å². The second kappa shape index (κ2) is 29.5. The van der Waals surface area contributed by atoms with Gasteiger partial charge in [-0.3, -0.25) is 9.80 Å². The van der Waals surface area contributed by atoms with Gasteiger partial charge in [-0.05, 0) is 121 Å². The first-order valence-corrected chi connectivity index (χ1v) is 28.5. The average Bonchev–Trinajstić information content (AvgIpc) is 2.00. The number of amides is 2. The number of aliphatic hydroxyl groups is 1. The van der Waals surface area contributed by atoms with Crippen molar-refractivity contribution in [2.75, 3.05) is 26.4 Å². The number of halogens is 12. The molecule has 0 spiro atoms. The molecule has 89 heavy (non-hydrogen) atoms. The van der Waals surface area contributed by atoms with E-state index in [1.165, 1.54) is 23.6 Å². The third kappa shape index (κ3) is 18.4. The Morgan fingerprint density at radius 1 is 0.584 bits per heavy atom. The molecule has 23 heteroatoms. The van der Waals surface area contributed by atoms with Crippen LogP contribution in [-0.2, 0) is 72.7 Å². The van der Waals surface area contributed by atoms with E-state index in [1.54, 1.807) is 110 Å². The lowest BCUT2D eigenvalue weighted by Crippen LogP contribution is -2.60. The van der Waals surface area contributed by atoms with Crippen LogP contribution in [-0.4, -0.2) is 73.4 Å². The number of hydrogen-bond donors (Lipinski definition) is 1. The summed E-state index contributed by atoms with van der Waals surface area (Å²) in [5, 5.41) is 10.7. The molecule has 0 saturated carbocycles. The molecule has 4 unspecified atom stereocenters. The molecule has 476 valence electrons. The Hall–Kier alpha value is -7.34. The molecule has 6 aromatic rings. The zero-order chi connectivity index (χ0) is 65.0. The van der Waals surface area contributed by atoms with Crippen LogP contribution in [0.2, 0.25) is 0 Å². The number of aliphatic hydroxyl groups excluding tert-OH is 1. The maximum Gasteiger partial charge on any atom is 0.416 e. The Bertz CT molecular complexity index is 3200. The number of rotatable bonds is 14. The summed E-state index contributed by atoms with van der Waals surface area (Å²) in [5.74, 6) is -0.356. The minimum absolute atomic E-state index is 0.00610. The number of hydrogen-bond acceptors (Lipinski definition) is 8. The third-order valence-electron chi connectivity index (χ3n) is 15.6. The number of alkyl halides is 12. The van der Waals surface area contributed by atoms with Crippen molar-refractivity contribution in [1.82, 2.24) is 9.80 Å². The molecule has 6 aromatic carbocycles. The molecule has 2 amide bonds. The molecule has 0 aliphatic carbocycles. The van der Waals surface area contributed by atoms with Gasteiger partial charge in [0.05, 0.1) is 71.4 Å². The summed E-state index contributed by atoms with van der Waals surface area (Å²) in [6.45, 7) is 6.67. The fourth-order valence-corrected chi connectivity index (χ4v) is 10.7. The molecule has 0 aromatic heterocycles. The van der Waals surface area contributed by atoms with Gasteiger partial charge in [-0.25, -0.2) is 9.59 Å². The Morgan fingerprint density at radius 2 is 0.978 bits per heavy atom. The van der Waals surface area contributed by atoms with E-state index in [4.69, 9.17) is 31.5 Å². The number of β-amino-alcohol motifs (C(OH)–C–C–N with tert-alkyl or cyclic N) is 1. The van der Waals surface area contributed by atoms with Crippen LogP contribution in [0.3, 0.4) is 0 Å². The standard InChI is InChI=1S/C31H31F6NO4.C31H29F6NO3.C4H7BO/c1-20-16-29(24-11-7-4-8-12-24,38(17-27(20)39)28(40)41-18-22-9-5-3-6-10-22)19-42-21(2)23-13-25(30(32,33)34)15-26(14-23)31(35,36)37;1-21-13-14-38(28(39)40-19-23-9-5-3-6-10-23)29(18-21,25-11-7-4-8-12-25)20-41-22(2)24-15-26(30(32,33)34)17-27(16-24)31(35,36)37;5-4-2-1-3-6-4/h3-15,20-21,27,39H,16-19H2,1-2H3;3-17,21-22H,18-20H2,1-2H3;4H,1-3H2/t20?,21-,27?,29-;21?,22-,29-;/m11./s1. The molecule has 0 bridgehead atoms. The van der Waals surface area contributed by atoms with Gasteiger partial charge in [0.2, 0.25) is 0 Å². The van der Waals surface area contributed by atoms with Crippen LogP contribution in [0.5, 0.6) is 0 Å². The summed E-state index contributed by atoms with van der Waals surface area (Å²) in [5.41, 5.74) is -5.91. The summed E-state index contributed by atoms with van der Waals surface area (Å²) in [6, 6.07) is 38.5. The van der Waals surface area contributed by atoms with Crippen molar-refractivity contribution in [2.24, 2.45) is 11.8 Å². The normalized spacial score (nSPS) is 22.0. The maximum absolute atomic E-state index is 13.5. The Balaban J connectivity index is 0.000000231. The quantitative estimate of drug-likeness (QED) is 0.0849. The average molecular weight is 1260 g/mol. The van der Waals surface area contributed by atoms with Crippen LogP contribution in [0.4, 0.5) is 62.3 Å². The Labute approximate surface area is 509 Å². The van der Waals surface area contributed by atoms with E-state index in [0.29, 0.717) is 41.8 Å². The molecular formula is C66H67BF12N2O8. The Morgan fingerprint density at radius 3 is 1.36 bits per heavy atom. The number of piperidine rings is 1. The van der Waals surface area contributed by atoms with Crippen molar-refractivity contribution in [3.63, 3.8) is 0 Å². The molecule has 3 aliphatic rings. The first kappa shape index (κ1) is 69.1. The molecule has 3 aliphatic heterocycles. The van der Waals surface area contributed by atoms with E-state index in [9.17, 15) is 67.4 Å². The van der Waals surface area contributed by atoms with Crippen molar-refractivity contribution >= 4 is 20.0 Å². The maximum atomic E-state index is 13.5. The number of likely N-dealkylation sites (tertiary alicyclic amines) is 1. The van der Waals surface area contributed by atoms with Gasteiger partial charge in [-0.15, -0.1) is 0 Å². The minimum atomic E-state index is -5.00. The lowest BCUT2D eigenvalue weighted by Gasteiger charge is -2.50. The van der Waals surface area contributed by atoms with Crippen molar-refractivity contribution < 1.29 is 91.1 Å². The highest BCUT2D eigenvalue weighted by Gasteiger charge is 2.50. The molecule has 9 rings (SSSR count). The molecule has 2 saturated heterocycles. The monoisotopic (exact) mass is 1250 g/mol. The topological polar surface area (TPSA) is 107 Å². The van der Waals surface area contributed by atoms with E-state index in [1.807, 2.05) is 37.3 Å². The fraction of sp³-hybridized carbons (Fsp3) is 0.394. The molecule has 10 nitrogen and oxygen atoms in total. The van der Waals surface area contributed by atoms with E-state index < -0.39 is 88.5 Å². The van der Waals surface area contributed by atoms with Crippen LogP contribution in [0.25, 0.3) is 0 Å². The van der Waals surface area contributed by atoms with E-state index in [2.05, 4.69) is 0 Å². The van der Waals surface area contributed by atoms with Crippen LogP contribution < -0.4 is 0 Å². The number of allylic oxidation sites excluding steroid dienone is 1. The van der Waals surface area contributed by atoms with E-state index in [0.717, 1.165) is 30.6 Å². The highest BCUT2D eigenvalue weighted by atomic mass is 19.4. The number of carbonyl (C=O) groups is 2. The number of benzene rings is 6.